The van der Waals surface area contributed by atoms with E-state index < -0.39 is 0 Å². The van der Waals surface area contributed by atoms with E-state index in [4.69, 9.17) is 0 Å². The van der Waals surface area contributed by atoms with Crippen LogP contribution in [0.2, 0.25) is 0 Å². The molecule has 0 spiro atoms. The van der Waals surface area contributed by atoms with E-state index in [9.17, 15) is 9.59 Å². The van der Waals surface area contributed by atoms with E-state index >= 15 is 0 Å². The molecule has 0 radical (unpaired) electrons. The van der Waals surface area contributed by atoms with Gasteiger partial charge in [-0.25, -0.2) is 0 Å². The van der Waals surface area contributed by atoms with Crippen molar-refractivity contribution in [1.82, 2.24) is 14.7 Å². The highest BCUT2D eigenvalue weighted by molar-refractivity contribution is 5.76. The first kappa shape index (κ1) is 18.7. The van der Waals surface area contributed by atoms with Gasteiger partial charge in [-0.05, 0) is 31.0 Å². The summed E-state index contributed by atoms with van der Waals surface area (Å²) < 4.78 is 0. The summed E-state index contributed by atoms with van der Waals surface area (Å²) in [4.78, 5) is 31.6. The molecule has 2 aliphatic heterocycles. The van der Waals surface area contributed by atoms with Gasteiger partial charge in [0.2, 0.25) is 12.3 Å². The summed E-state index contributed by atoms with van der Waals surface area (Å²) in [6.07, 6.45) is 1.45. The molecule has 0 N–H and O–H groups in total. The van der Waals surface area contributed by atoms with Crippen molar-refractivity contribution in [2.75, 3.05) is 63.8 Å². The largest absolute Gasteiger partial charge is 0.369 e. The van der Waals surface area contributed by atoms with Crippen molar-refractivity contribution in [2.24, 2.45) is 0 Å². The Bertz CT molecular complexity index is 633. The van der Waals surface area contributed by atoms with E-state index in [0.717, 1.165) is 39.1 Å². The molecule has 0 atom stereocenters. The Hall–Kier alpha value is -2.08. The highest BCUT2D eigenvalue weighted by Crippen LogP contribution is 2.23. The van der Waals surface area contributed by atoms with Crippen LogP contribution in [0, 0.1) is 13.8 Å². The lowest BCUT2D eigenvalue weighted by Crippen LogP contribution is -2.50. The molecule has 2 aliphatic rings. The molecule has 3 rings (SSSR count). The molecule has 1 aromatic carbocycles. The Morgan fingerprint density at radius 1 is 1.00 bits per heavy atom. The molecule has 1 aromatic rings. The smallest absolute Gasteiger partial charge is 0.223 e. The van der Waals surface area contributed by atoms with E-state index in [2.05, 4.69) is 41.8 Å². The average molecular weight is 358 g/mol. The van der Waals surface area contributed by atoms with Crippen molar-refractivity contribution in [3.8, 4) is 0 Å². The number of anilines is 1. The Kier molecular flexibility index (Phi) is 6.14. The van der Waals surface area contributed by atoms with Gasteiger partial charge < -0.3 is 14.7 Å². The van der Waals surface area contributed by atoms with Crippen molar-refractivity contribution >= 4 is 18.0 Å². The standard InChI is InChI=1S/C20H30N4O2/c1-17-4-3-5-19(18(17)2)23-12-8-21(9-13-23)7-6-20(26)24-14-10-22(16-25)11-15-24/h3-5,16H,6-15H2,1-2H3. The van der Waals surface area contributed by atoms with Gasteiger partial charge in [0.15, 0.2) is 0 Å². The highest BCUT2D eigenvalue weighted by Gasteiger charge is 2.22. The summed E-state index contributed by atoms with van der Waals surface area (Å²) >= 11 is 0. The molecule has 0 aromatic heterocycles. The van der Waals surface area contributed by atoms with Gasteiger partial charge in [0, 0.05) is 71.0 Å². The number of hydrogen-bond donors (Lipinski definition) is 0. The van der Waals surface area contributed by atoms with Gasteiger partial charge >= 0.3 is 0 Å². The zero-order chi connectivity index (χ0) is 18.5. The highest BCUT2D eigenvalue weighted by atomic mass is 16.2. The average Bonchev–Trinajstić information content (AvgIpc) is 2.69. The molecule has 2 fully saturated rings. The number of carbonyl (C=O) groups is 2. The van der Waals surface area contributed by atoms with Crippen LogP contribution in [0.25, 0.3) is 0 Å². The maximum Gasteiger partial charge on any atom is 0.223 e. The lowest BCUT2D eigenvalue weighted by molar-refractivity contribution is -0.135. The van der Waals surface area contributed by atoms with Crippen molar-refractivity contribution in [2.45, 2.75) is 20.3 Å². The number of carbonyl (C=O) groups excluding carboxylic acids is 2. The van der Waals surface area contributed by atoms with Crippen LogP contribution in [0.4, 0.5) is 5.69 Å². The maximum absolute atomic E-state index is 12.4. The van der Waals surface area contributed by atoms with E-state index in [0.29, 0.717) is 32.6 Å². The number of rotatable bonds is 5. The maximum atomic E-state index is 12.4. The Morgan fingerprint density at radius 3 is 2.35 bits per heavy atom. The third kappa shape index (κ3) is 4.36. The Morgan fingerprint density at radius 2 is 1.69 bits per heavy atom. The summed E-state index contributed by atoms with van der Waals surface area (Å²) in [6, 6.07) is 6.50. The molecule has 0 aliphatic carbocycles. The topological polar surface area (TPSA) is 47.1 Å². The van der Waals surface area contributed by atoms with Crippen molar-refractivity contribution < 1.29 is 9.59 Å². The lowest BCUT2D eigenvalue weighted by Gasteiger charge is -2.37. The minimum atomic E-state index is 0.215. The normalized spacial score (nSPS) is 18.9. The summed E-state index contributed by atoms with van der Waals surface area (Å²) in [5, 5.41) is 0. The first-order chi connectivity index (χ1) is 12.6. The van der Waals surface area contributed by atoms with Gasteiger partial charge in [-0.3, -0.25) is 14.5 Å². The van der Waals surface area contributed by atoms with Gasteiger partial charge in [0.05, 0.1) is 0 Å². The third-order valence-electron chi connectivity index (χ3n) is 5.75. The van der Waals surface area contributed by atoms with E-state index in [1.54, 1.807) is 4.90 Å². The predicted molar refractivity (Wildman–Crippen MR) is 103 cm³/mol. The number of hydrogen-bond acceptors (Lipinski definition) is 4. The second-order valence-electron chi connectivity index (χ2n) is 7.32. The number of nitrogens with zero attached hydrogens (tertiary/aromatic N) is 4. The first-order valence-electron chi connectivity index (χ1n) is 9.59. The molecule has 6 heteroatoms. The minimum absolute atomic E-state index is 0.215. The van der Waals surface area contributed by atoms with Gasteiger partial charge in [0.1, 0.15) is 0 Å². The van der Waals surface area contributed by atoms with Crippen molar-refractivity contribution in [3.05, 3.63) is 29.3 Å². The Labute approximate surface area is 156 Å². The second kappa shape index (κ2) is 8.54. The zero-order valence-electron chi connectivity index (χ0n) is 16.0. The summed E-state index contributed by atoms with van der Waals surface area (Å²) in [5.41, 5.74) is 4.05. The number of piperazine rings is 2. The summed E-state index contributed by atoms with van der Waals surface area (Å²) in [5.74, 6) is 0.215. The van der Waals surface area contributed by atoms with Gasteiger partial charge in [0.25, 0.3) is 0 Å². The number of aryl methyl sites for hydroxylation is 1. The predicted octanol–water partition coefficient (Wildman–Crippen LogP) is 1.12. The molecule has 26 heavy (non-hydrogen) atoms. The fourth-order valence-electron chi connectivity index (χ4n) is 3.78. The van der Waals surface area contributed by atoms with Gasteiger partial charge in [-0.1, -0.05) is 12.1 Å². The molecule has 0 saturated carbocycles. The van der Waals surface area contributed by atoms with E-state index in [1.807, 2.05) is 4.90 Å². The van der Waals surface area contributed by atoms with Crippen molar-refractivity contribution in [1.29, 1.82) is 0 Å². The third-order valence-corrected chi connectivity index (χ3v) is 5.75. The fraction of sp³-hybridized carbons (Fsp3) is 0.600. The monoisotopic (exact) mass is 358 g/mol. The van der Waals surface area contributed by atoms with Crippen LogP contribution in [0.15, 0.2) is 18.2 Å². The summed E-state index contributed by atoms with van der Waals surface area (Å²) in [6.45, 7) is 11.8. The number of amides is 2. The van der Waals surface area contributed by atoms with Crippen molar-refractivity contribution in [3.63, 3.8) is 0 Å². The fourth-order valence-corrected chi connectivity index (χ4v) is 3.78. The lowest BCUT2D eigenvalue weighted by atomic mass is 10.1. The molecule has 2 saturated heterocycles. The van der Waals surface area contributed by atoms with Crippen LogP contribution in [-0.2, 0) is 9.59 Å². The molecular weight excluding hydrogens is 328 g/mol. The molecule has 142 valence electrons. The quantitative estimate of drug-likeness (QED) is 0.740. The zero-order valence-corrected chi connectivity index (χ0v) is 16.0. The minimum Gasteiger partial charge on any atom is -0.369 e. The van der Waals surface area contributed by atoms with Crippen LogP contribution in [0.1, 0.15) is 17.5 Å². The molecule has 0 unspecified atom stereocenters. The van der Waals surface area contributed by atoms with E-state index in [-0.39, 0.29) is 5.91 Å². The van der Waals surface area contributed by atoms with Crippen LogP contribution in [-0.4, -0.2) is 85.9 Å². The van der Waals surface area contributed by atoms with Gasteiger partial charge in [-0.2, -0.15) is 0 Å². The van der Waals surface area contributed by atoms with Crippen LogP contribution < -0.4 is 4.90 Å². The SMILES string of the molecule is Cc1cccc(N2CCN(CCC(=O)N3CCN(C=O)CC3)CC2)c1C. The molecule has 2 heterocycles. The molecule has 6 nitrogen and oxygen atoms in total. The van der Waals surface area contributed by atoms with Crippen LogP contribution in [0.5, 0.6) is 0 Å². The Balaban J connectivity index is 1.42. The first-order valence-corrected chi connectivity index (χ1v) is 9.59. The van der Waals surface area contributed by atoms with Gasteiger partial charge in [-0.15, -0.1) is 0 Å². The van der Waals surface area contributed by atoms with E-state index in [1.165, 1.54) is 16.8 Å². The van der Waals surface area contributed by atoms with Crippen LogP contribution >= 0.6 is 0 Å². The molecule has 0 bridgehead atoms. The van der Waals surface area contributed by atoms with Crippen LogP contribution in [0.3, 0.4) is 0 Å². The molecule has 2 amide bonds. The second-order valence-corrected chi connectivity index (χ2v) is 7.32. The number of benzene rings is 1. The molecular formula is C20H30N4O2. The summed E-state index contributed by atoms with van der Waals surface area (Å²) in [7, 11) is 0.